The van der Waals surface area contributed by atoms with Crippen LogP contribution in [0.25, 0.3) is 0 Å². The molecule has 5 nitrogen and oxygen atoms in total. The van der Waals surface area contributed by atoms with E-state index < -0.39 is 0 Å². The first-order valence-corrected chi connectivity index (χ1v) is 7.89. The quantitative estimate of drug-likeness (QED) is 0.846. The van der Waals surface area contributed by atoms with Gasteiger partial charge in [0.1, 0.15) is 12.3 Å². The number of halogens is 1. The average molecular weight is 330 g/mol. The highest BCUT2D eigenvalue weighted by molar-refractivity contribution is 5.94. The molecule has 1 aromatic carbocycles. The average Bonchev–Trinajstić information content (AvgIpc) is 2.61. The van der Waals surface area contributed by atoms with E-state index in [0.29, 0.717) is 44.0 Å². The van der Waals surface area contributed by atoms with Gasteiger partial charge in [-0.1, -0.05) is 6.07 Å². The van der Waals surface area contributed by atoms with Gasteiger partial charge in [-0.05, 0) is 42.7 Å². The third-order valence-electron chi connectivity index (χ3n) is 3.97. The molecule has 0 aliphatic carbocycles. The van der Waals surface area contributed by atoms with Gasteiger partial charge in [0.15, 0.2) is 11.6 Å². The summed E-state index contributed by atoms with van der Waals surface area (Å²) in [5.74, 6) is 0.373. The second-order valence-corrected chi connectivity index (χ2v) is 5.54. The Kier molecular flexibility index (Phi) is 4.93. The molecule has 1 amide bonds. The normalized spacial score (nSPS) is 13.2. The Balaban J connectivity index is 1.58. The van der Waals surface area contributed by atoms with Crippen molar-refractivity contribution in [3.05, 3.63) is 47.9 Å². The summed E-state index contributed by atoms with van der Waals surface area (Å²) in [5.41, 5.74) is 1.56. The lowest BCUT2D eigenvalue weighted by atomic mass is 10.1. The molecule has 0 radical (unpaired) electrons. The number of benzene rings is 1. The smallest absolute Gasteiger partial charge is 0.238 e. The minimum Gasteiger partial charge on any atom is -0.494 e. The highest BCUT2D eigenvalue weighted by Crippen LogP contribution is 2.29. The number of rotatable bonds is 5. The molecule has 0 atom stereocenters. The number of carbonyl (C=O) groups is 1. The molecule has 126 valence electrons. The van der Waals surface area contributed by atoms with Crippen LogP contribution in [0, 0.1) is 5.82 Å². The Labute approximate surface area is 140 Å². The van der Waals surface area contributed by atoms with E-state index in [-0.39, 0.29) is 17.5 Å². The van der Waals surface area contributed by atoms with Crippen LogP contribution >= 0.6 is 0 Å². The number of nitrogens with zero attached hydrogens (tertiary/aromatic N) is 2. The predicted molar refractivity (Wildman–Crippen MR) is 88.0 cm³/mol. The molecule has 0 saturated heterocycles. The van der Waals surface area contributed by atoms with E-state index >= 15 is 0 Å². The van der Waals surface area contributed by atoms with Crippen LogP contribution < -0.4 is 14.4 Å². The van der Waals surface area contributed by atoms with Crippen LogP contribution in [0.1, 0.15) is 18.4 Å². The van der Waals surface area contributed by atoms with E-state index in [1.165, 1.54) is 13.2 Å². The van der Waals surface area contributed by atoms with Crippen molar-refractivity contribution in [2.45, 2.75) is 19.3 Å². The summed E-state index contributed by atoms with van der Waals surface area (Å²) in [6.07, 6.45) is 3.32. The molecule has 24 heavy (non-hydrogen) atoms. The Morgan fingerprint density at radius 2 is 2.29 bits per heavy atom. The van der Waals surface area contributed by atoms with Crippen LogP contribution in [-0.4, -0.2) is 31.2 Å². The topological polar surface area (TPSA) is 51.7 Å². The van der Waals surface area contributed by atoms with Crippen molar-refractivity contribution in [2.24, 2.45) is 0 Å². The molecule has 0 bridgehead atoms. The standard InChI is InChI=1S/C18H19FN2O3/c1-23-16-8-7-13(12-14(16)19)4-2-6-17(22)21-10-11-24-18-15(21)5-3-9-20-18/h3,5,7-9,12H,2,4,6,10-11H2,1H3. The maximum atomic E-state index is 13.7. The van der Waals surface area contributed by atoms with E-state index in [1.54, 1.807) is 23.2 Å². The van der Waals surface area contributed by atoms with Crippen LogP contribution in [0.4, 0.5) is 10.1 Å². The largest absolute Gasteiger partial charge is 0.494 e. The molecule has 0 N–H and O–H groups in total. The molecule has 1 aromatic heterocycles. The number of aromatic nitrogens is 1. The molecule has 2 aromatic rings. The highest BCUT2D eigenvalue weighted by Gasteiger charge is 2.23. The van der Waals surface area contributed by atoms with Crippen LogP contribution in [0.3, 0.4) is 0 Å². The van der Waals surface area contributed by atoms with Crippen LogP contribution in [-0.2, 0) is 11.2 Å². The molecule has 0 spiro atoms. The molecule has 1 aliphatic heterocycles. The SMILES string of the molecule is COc1ccc(CCCC(=O)N2CCOc3ncccc32)cc1F. The maximum absolute atomic E-state index is 13.7. The monoisotopic (exact) mass is 330 g/mol. The summed E-state index contributed by atoms with van der Waals surface area (Å²) in [4.78, 5) is 18.3. The van der Waals surface area contributed by atoms with E-state index in [0.717, 1.165) is 5.56 Å². The highest BCUT2D eigenvalue weighted by atomic mass is 19.1. The van der Waals surface area contributed by atoms with E-state index in [4.69, 9.17) is 9.47 Å². The first-order chi connectivity index (χ1) is 11.7. The van der Waals surface area contributed by atoms with Gasteiger partial charge >= 0.3 is 0 Å². The first kappa shape index (κ1) is 16.2. The van der Waals surface area contributed by atoms with Crippen LogP contribution in [0.15, 0.2) is 36.5 Å². The van der Waals surface area contributed by atoms with Gasteiger partial charge in [-0.2, -0.15) is 0 Å². The molecule has 0 unspecified atom stereocenters. The summed E-state index contributed by atoms with van der Waals surface area (Å²) in [7, 11) is 1.44. The molecular formula is C18H19FN2O3. The molecule has 0 fully saturated rings. The second-order valence-electron chi connectivity index (χ2n) is 5.54. The predicted octanol–water partition coefficient (Wildman–Crippen LogP) is 2.98. The number of hydrogen-bond donors (Lipinski definition) is 0. The fourth-order valence-corrected chi connectivity index (χ4v) is 2.76. The zero-order chi connectivity index (χ0) is 16.9. The van der Waals surface area contributed by atoms with Gasteiger partial charge in [-0.3, -0.25) is 4.79 Å². The number of anilines is 1. The number of pyridine rings is 1. The van der Waals surface area contributed by atoms with Gasteiger partial charge in [0.25, 0.3) is 0 Å². The van der Waals surface area contributed by atoms with Gasteiger partial charge in [0.2, 0.25) is 11.8 Å². The van der Waals surface area contributed by atoms with Crippen molar-refractivity contribution < 1.29 is 18.7 Å². The van der Waals surface area contributed by atoms with Crippen molar-refractivity contribution in [2.75, 3.05) is 25.2 Å². The second kappa shape index (κ2) is 7.29. The van der Waals surface area contributed by atoms with E-state index in [9.17, 15) is 9.18 Å². The molecule has 3 rings (SSSR count). The maximum Gasteiger partial charge on any atom is 0.238 e. The summed E-state index contributed by atoms with van der Waals surface area (Å²) in [6, 6.07) is 8.50. The van der Waals surface area contributed by atoms with Crippen LogP contribution in [0.5, 0.6) is 11.6 Å². The van der Waals surface area contributed by atoms with Gasteiger partial charge in [0.05, 0.1) is 13.7 Å². The third-order valence-corrected chi connectivity index (χ3v) is 3.97. The lowest BCUT2D eigenvalue weighted by Crippen LogP contribution is -2.38. The van der Waals surface area contributed by atoms with Crippen molar-refractivity contribution in [1.29, 1.82) is 0 Å². The van der Waals surface area contributed by atoms with Crippen molar-refractivity contribution in [3.8, 4) is 11.6 Å². The van der Waals surface area contributed by atoms with Gasteiger partial charge in [0, 0.05) is 12.6 Å². The molecule has 0 saturated carbocycles. The van der Waals surface area contributed by atoms with Gasteiger partial charge in [-0.15, -0.1) is 0 Å². The molecule has 2 heterocycles. The molecule has 1 aliphatic rings. The number of hydrogen-bond acceptors (Lipinski definition) is 4. The fraction of sp³-hybridized carbons (Fsp3) is 0.333. The number of ether oxygens (including phenoxy) is 2. The van der Waals surface area contributed by atoms with E-state index in [2.05, 4.69) is 4.98 Å². The molecular weight excluding hydrogens is 311 g/mol. The number of methoxy groups -OCH3 is 1. The lowest BCUT2D eigenvalue weighted by molar-refractivity contribution is -0.119. The zero-order valence-corrected chi connectivity index (χ0v) is 13.5. The minimum absolute atomic E-state index is 0.0292. The Bertz CT molecular complexity index is 736. The number of aryl methyl sites for hydroxylation is 1. The summed E-state index contributed by atoms with van der Waals surface area (Å²) in [5, 5.41) is 0. The van der Waals surface area contributed by atoms with Crippen molar-refractivity contribution >= 4 is 11.6 Å². The summed E-state index contributed by atoms with van der Waals surface area (Å²) < 4.78 is 24.0. The Morgan fingerprint density at radius 1 is 1.42 bits per heavy atom. The summed E-state index contributed by atoms with van der Waals surface area (Å²) in [6.45, 7) is 0.966. The number of fused-ring (bicyclic) bond motifs is 1. The first-order valence-electron chi connectivity index (χ1n) is 7.89. The van der Waals surface area contributed by atoms with Crippen LogP contribution in [0.2, 0.25) is 0 Å². The van der Waals surface area contributed by atoms with E-state index in [1.807, 2.05) is 12.1 Å². The lowest BCUT2D eigenvalue weighted by Gasteiger charge is -2.28. The zero-order valence-electron chi connectivity index (χ0n) is 13.5. The third kappa shape index (κ3) is 3.48. The van der Waals surface area contributed by atoms with Gasteiger partial charge in [-0.25, -0.2) is 9.37 Å². The fourth-order valence-electron chi connectivity index (χ4n) is 2.76. The van der Waals surface area contributed by atoms with Crippen molar-refractivity contribution in [3.63, 3.8) is 0 Å². The minimum atomic E-state index is -0.380. The van der Waals surface area contributed by atoms with Crippen molar-refractivity contribution in [1.82, 2.24) is 4.98 Å². The summed E-state index contributed by atoms with van der Waals surface area (Å²) >= 11 is 0. The Morgan fingerprint density at radius 3 is 3.08 bits per heavy atom. The number of carbonyl (C=O) groups excluding carboxylic acids is 1. The number of amides is 1. The van der Waals surface area contributed by atoms with Gasteiger partial charge < -0.3 is 14.4 Å². The molecule has 6 heteroatoms. The Hall–Kier alpha value is -2.63.